The Morgan fingerprint density at radius 1 is 1.00 bits per heavy atom. The lowest BCUT2D eigenvalue weighted by Crippen LogP contribution is -2.23. The second-order valence-electron chi connectivity index (χ2n) is 4.87. The van der Waals surface area contributed by atoms with E-state index in [4.69, 9.17) is 11.6 Å². The average molecular weight is 272 g/mol. The van der Waals surface area contributed by atoms with Crippen LogP contribution in [0.4, 0.5) is 5.69 Å². The van der Waals surface area contributed by atoms with Gasteiger partial charge in [-0.05, 0) is 48.2 Å². The minimum absolute atomic E-state index is 0.0353. The summed E-state index contributed by atoms with van der Waals surface area (Å²) in [4.78, 5) is 12.2. The Balaban J connectivity index is 1.68. The molecule has 2 nitrogen and oxygen atoms in total. The first kappa shape index (κ1) is 12.2. The second kappa shape index (κ2) is 5.06. The number of carbonyl (C=O) groups excluding carboxylic acids is 1. The van der Waals surface area contributed by atoms with Gasteiger partial charge < -0.3 is 5.32 Å². The maximum Gasteiger partial charge on any atom is 0.228 e. The highest BCUT2D eigenvalue weighted by Gasteiger charge is 2.26. The lowest BCUT2D eigenvalue weighted by atomic mass is 10.1. The van der Waals surface area contributed by atoms with Crippen LogP contribution in [0.25, 0.3) is 0 Å². The van der Waals surface area contributed by atoms with Gasteiger partial charge in [0.25, 0.3) is 0 Å². The van der Waals surface area contributed by atoms with Gasteiger partial charge in [0.2, 0.25) is 5.91 Å². The zero-order valence-electron chi connectivity index (χ0n) is 10.4. The summed E-state index contributed by atoms with van der Waals surface area (Å²) in [6.45, 7) is 0. The highest BCUT2D eigenvalue weighted by molar-refractivity contribution is 6.30. The highest BCUT2D eigenvalue weighted by Crippen LogP contribution is 2.27. The molecule has 19 heavy (non-hydrogen) atoms. The normalized spacial score (nSPS) is 14.2. The molecular weight excluding hydrogens is 258 g/mol. The van der Waals surface area contributed by atoms with Crippen LogP contribution in [0.5, 0.6) is 0 Å². The van der Waals surface area contributed by atoms with E-state index in [9.17, 15) is 4.79 Å². The zero-order chi connectivity index (χ0) is 13.2. The third-order valence-corrected chi connectivity index (χ3v) is 3.79. The summed E-state index contributed by atoms with van der Waals surface area (Å²) in [5, 5.41) is 3.62. The molecule has 96 valence electrons. The first-order valence-electron chi connectivity index (χ1n) is 6.35. The monoisotopic (exact) mass is 271 g/mol. The van der Waals surface area contributed by atoms with Gasteiger partial charge in [-0.1, -0.05) is 35.9 Å². The fourth-order valence-corrected chi connectivity index (χ4v) is 2.65. The van der Waals surface area contributed by atoms with Gasteiger partial charge in [-0.2, -0.15) is 0 Å². The van der Waals surface area contributed by atoms with E-state index in [2.05, 4.69) is 17.4 Å². The number of fused-ring (bicyclic) bond motifs is 1. The van der Waals surface area contributed by atoms with Crippen molar-refractivity contribution < 1.29 is 4.79 Å². The highest BCUT2D eigenvalue weighted by atomic mass is 35.5. The maximum absolute atomic E-state index is 12.2. The molecule has 3 rings (SSSR count). The van der Waals surface area contributed by atoms with Gasteiger partial charge in [-0.15, -0.1) is 0 Å². The Morgan fingerprint density at radius 2 is 1.58 bits per heavy atom. The molecule has 0 spiro atoms. The molecule has 0 saturated heterocycles. The van der Waals surface area contributed by atoms with Gasteiger partial charge in [-0.25, -0.2) is 0 Å². The van der Waals surface area contributed by atoms with Gasteiger partial charge in [0, 0.05) is 16.6 Å². The molecule has 1 aliphatic carbocycles. The number of anilines is 1. The number of benzene rings is 2. The topological polar surface area (TPSA) is 29.1 Å². The van der Waals surface area contributed by atoms with Gasteiger partial charge in [-0.3, -0.25) is 4.79 Å². The third-order valence-electron chi connectivity index (χ3n) is 3.53. The molecule has 2 aromatic rings. The smallest absolute Gasteiger partial charge is 0.228 e. The van der Waals surface area contributed by atoms with E-state index >= 15 is 0 Å². The molecule has 0 aromatic heterocycles. The lowest BCUT2D eigenvalue weighted by Gasteiger charge is -2.10. The van der Waals surface area contributed by atoms with Crippen LogP contribution in [0.3, 0.4) is 0 Å². The lowest BCUT2D eigenvalue weighted by molar-refractivity contribution is -0.119. The van der Waals surface area contributed by atoms with E-state index in [1.54, 1.807) is 12.1 Å². The van der Waals surface area contributed by atoms with Crippen molar-refractivity contribution in [1.82, 2.24) is 0 Å². The Hall–Kier alpha value is -1.80. The summed E-state index contributed by atoms with van der Waals surface area (Å²) in [6, 6.07) is 15.5. The number of hydrogen-bond donors (Lipinski definition) is 1. The fourth-order valence-electron chi connectivity index (χ4n) is 2.52. The minimum atomic E-state index is 0.0353. The molecule has 0 fully saturated rings. The van der Waals surface area contributed by atoms with Crippen LogP contribution in [-0.4, -0.2) is 5.91 Å². The van der Waals surface area contributed by atoms with Crippen LogP contribution < -0.4 is 5.32 Å². The van der Waals surface area contributed by atoms with Crippen molar-refractivity contribution in [2.24, 2.45) is 5.92 Å². The third kappa shape index (κ3) is 2.64. The van der Waals surface area contributed by atoms with Crippen LogP contribution >= 0.6 is 11.6 Å². The summed E-state index contributed by atoms with van der Waals surface area (Å²) in [5.41, 5.74) is 3.38. The van der Waals surface area contributed by atoms with E-state index in [1.807, 2.05) is 24.3 Å². The Morgan fingerprint density at radius 3 is 2.16 bits per heavy atom. The van der Waals surface area contributed by atoms with E-state index in [0.29, 0.717) is 5.02 Å². The second-order valence-corrected chi connectivity index (χ2v) is 5.31. The molecule has 0 aliphatic heterocycles. The summed E-state index contributed by atoms with van der Waals surface area (Å²) in [5.74, 6) is 0.117. The molecular formula is C16H14ClNO. The molecule has 0 heterocycles. The first-order valence-corrected chi connectivity index (χ1v) is 6.73. The quantitative estimate of drug-likeness (QED) is 0.887. The first-order chi connectivity index (χ1) is 9.22. The molecule has 1 amide bonds. The van der Waals surface area contributed by atoms with Gasteiger partial charge in [0.15, 0.2) is 0 Å². The Kier molecular flexibility index (Phi) is 3.26. The van der Waals surface area contributed by atoms with Crippen molar-refractivity contribution in [3.63, 3.8) is 0 Å². The summed E-state index contributed by atoms with van der Waals surface area (Å²) < 4.78 is 0. The van der Waals surface area contributed by atoms with Crippen molar-refractivity contribution in [2.75, 3.05) is 5.32 Å². The van der Waals surface area contributed by atoms with Crippen LogP contribution in [0.15, 0.2) is 48.5 Å². The molecule has 0 atom stereocenters. The van der Waals surface area contributed by atoms with Crippen molar-refractivity contribution in [2.45, 2.75) is 12.8 Å². The zero-order valence-corrected chi connectivity index (χ0v) is 11.2. The molecule has 1 aliphatic rings. The molecule has 0 unspecified atom stereocenters. The van der Waals surface area contributed by atoms with Crippen molar-refractivity contribution in [1.29, 1.82) is 0 Å². The van der Waals surface area contributed by atoms with Gasteiger partial charge >= 0.3 is 0 Å². The number of carbonyl (C=O) groups is 1. The number of halogens is 1. The van der Waals surface area contributed by atoms with Crippen molar-refractivity contribution in [3.05, 3.63) is 64.7 Å². The Bertz CT molecular complexity index is 581. The Labute approximate surface area is 117 Å². The van der Waals surface area contributed by atoms with E-state index in [0.717, 1.165) is 18.5 Å². The molecule has 0 bridgehead atoms. The molecule has 1 N–H and O–H groups in total. The molecule has 2 aromatic carbocycles. The van der Waals surface area contributed by atoms with E-state index in [-0.39, 0.29) is 11.8 Å². The predicted molar refractivity (Wildman–Crippen MR) is 77.4 cm³/mol. The number of nitrogens with one attached hydrogen (secondary N) is 1. The van der Waals surface area contributed by atoms with E-state index in [1.165, 1.54) is 11.1 Å². The average Bonchev–Trinajstić information content (AvgIpc) is 2.85. The SMILES string of the molecule is O=C(Nc1ccc(Cl)cc1)C1Cc2ccccc2C1. The summed E-state index contributed by atoms with van der Waals surface area (Å²) in [6.07, 6.45) is 1.66. The number of amides is 1. The van der Waals surface area contributed by atoms with E-state index < -0.39 is 0 Å². The largest absolute Gasteiger partial charge is 0.326 e. The standard InChI is InChI=1S/C16H14ClNO/c17-14-5-7-15(8-6-14)18-16(19)13-9-11-3-1-2-4-12(11)10-13/h1-8,13H,9-10H2,(H,18,19). The van der Waals surface area contributed by atoms with Crippen LogP contribution in [0.1, 0.15) is 11.1 Å². The number of rotatable bonds is 2. The maximum atomic E-state index is 12.2. The minimum Gasteiger partial charge on any atom is -0.326 e. The van der Waals surface area contributed by atoms with Crippen molar-refractivity contribution >= 4 is 23.2 Å². The van der Waals surface area contributed by atoms with Gasteiger partial charge in [0.05, 0.1) is 0 Å². The molecule has 3 heteroatoms. The predicted octanol–water partition coefficient (Wildman–Crippen LogP) is 3.69. The van der Waals surface area contributed by atoms with Crippen LogP contribution in [0.2, 0.25) is 5.02 Å². The summed E-state index contributed by atoms with van der Waals surface area (Å²) >= 11 is 5.82. The molecule has 0 saturated carbocycles. The van der Waals surface area contributed by atoms with Gasteiger partial charge in [0.1, 0.15) is 0 Å². The summed E-state index contributed by atoms with van der Waals surface area (Å²) in [7, 11) is 0. The van der Waals surface area contributed by atoms with Crippen LogP contribution in [-0.2, 0) is 17.6 Å². The van der Waals surface area contributed by atoms with Crippen LogP contribution in [0, 0.1) is 5.92 Å². The fraction of sp³-hybridized carbons (Fsp3) is 0.188. The molecule has 0 radical (unpaired) electrons. The number of hydrogen-bond acceptors (Lipinski definition) is 1. The van der Waals surface area contributed by atoms with Crippen molar-refractivity contribution in [3.8, 4) is 0 Å².